The highest BCUT2D eigenvalue weighted by molar-refractivity contribution is 8.01. The summed E-state index contributed by atoms with van der Waals surface area (Å²) in [6.45, 7) is 3.59. The first-order chi connectivity index (χ1) is 8.54. The number of thioether (sulfide) groups is 1. The number of halogens is 2. The van der Waals surface area contributed by atoms with Crippen molar-refractivity contribution in [3.8, 4) is 12.0 Å². The van der Waals surface area contributed by atoms with Gasteiger partial charge in [0, 0.05) is 21.7 Å². The van der Waals surface area contributed by atoms with Crippen molar-refractivity contribution >= 4 is 40.9 Å². The van der Waals surface area contributed by atoms with Crippen LogP contribution in [-0.4, -0.2) is 16.1 Å². The molecule has 94 valence electrons. The molecule has 2 nitrogen and oxygen atoms in total. The van der Waals surface area contributed by atoms with E-state index in [2.05, 4.69) is 12.0 Å². The highest BCUT2D eigenvalue weighted by atomic mass is 35.5. The fourth-order valence-electron chi connectivity index (χ4n) is 1.77. The number of carbonyl (C=O) groups is 1. The van der Waals surface area contributed by atoms with Gasteiger partial charge in [-0.3, -0.25) is 9.69 Å². The summed E-state index contributed by atoms with van der Waals surface area (Å²) in [5.74, 6) is 2.78. The predicted molar refractivity (Wildman–Crippen MR) is 76.6 cm³/mol. The van der Waals surface area contributed by atoms with Gasteiger partial charge in [-0.1, -0.05) is 35.2 Å². The lowest BCUT2D eigenvalue weighted by Crippen LogP contribution is -2.25. The molecule has 1 amide bonds. The lowest BCUT2D eigenvalue weighted by Gasteiger charge is -2.18. The molecule has 18 heavy (non-hydrogen) atoms. The van der Waals surface area contributed by atoms with E-state index in [1.54, 1.807) is 35.7 Å². The minimum atomic E-state index is -0.162. The van der Waals surface area contributed by atoms with Crippen LogP contribution in [0, 0.1) is 12.0 Å². The third-order valence-electron chi connectivity index (χ3n) is 2.61. The van der Waals surface area contributed by atoms with Gasteiger partial charge in [-0.2, -0.15) is 0 Å². The molecule has 1 saturated heterocycles. The van der Waals surface area contributed by atoms with E-state index in [0.717, 1.165) is 5.56 Å². The molecule has 0 saturated carbocycles. The summed E-state index contributed by atoms with van der Waals surface area (Å²) in [5.41, 5.74) is 0.867. The van der Waals surface area contributed by atoms with Crippen LogP contribution in [0.3, 0.4) is 0 Å². The van der Waals surface area contributed by atoms with Crippen molar-refractivity contribution in [2.75, 3.05) is 0 Å². The summed E-state index contributed by atoms with van der Waals surface area (Å²) in [4.78, 5) is 13.5. The predicted octanol–water partition coefficient (Wildman–Crippen LogP) is 3.94. The Bertz CT molecular complexity index is 550. The highest BCUT2D eigenvalue weighted by Gasteiger charge is 2.38. The zero-order valence-corrected chi connectivity index (χ0v) is 12.2. The quantitative estimate of drug-likeness (QED) is 0.732. The molecule has 0 bridgehead atoms. The van der Waals surface area contributed by atoms with E-state index >= 15 is 0 Å². The van der Waals surface area contributed by atoms with Crippen LogP contribution >= 0.6 is 35.0 Å². The van der Waals surface area contributed by atoms with Gasteiger partial charge in [-0.25, -0.2) is 0 Å². The zero-order valence-electron chi connectivity index (χ0n) is 9.91. The van der Waals surface area contributed by atoms with E-state index in [-0.39, 0.29) is 16.5 Å². The molecule has 0 aromatic heterocycles. The molecule has 5 heteroatoms. The summed E-state index contributed by atoms with van der Waals surface area (Å²) in [7, 11) is 0. The number of hydrogen-bond donors (Lipinski definition) is 0. The van der Waals surface area contributed by atoms with Crippen LogP contribution in [0.15, 0.2) is 18.2 Å². The molecule has 0 radical (unpaired) electrons. The topological polar surface area (TPSA) is 20.3 Å². The van der Waals surface area contributed by atoms with E-state index < -0.39 is 0 Å². The molecule has 1 heterocycles. The Labute approximate surface area is 121 Å². The van der Waals surface area contributed by atoms with Crippen LogP contribution in [0.2, 0.25) is 10.0 Å². The van der Waals surface area contributed by atoms with Gasteiger partial charge in [0.15, 0.2) is 0 Å². The maximum absolute atomic E-state index is 12.0. The van der Waals surface area contributed by atoms with Crippen LogP contribution < -0.4 is 0 Å². The number of nitrogens with zero attached hydrogens (tertiary/aromatic N) is 1. The highest BCUT2D eigenvalue weighted by Crippen LogP contribution is 2.45. The van der Waals surface area contributed by atoms with E-state index in [9.17, 15) is 4.79 Å². The number of rotatable bonds is 1. The molecule has 1 aliphatic heterocycles. The average Bonchev–Trinajstić information content (AvgIpc) is 2.58. The summed E-state index contributed by atoms with van der Waals surface area (Å²) in [6.07, 6.45) is 0. The summed E-state index contributed by atoms with van der Waals surface area (Å²) < 4.78 is 0. The minimum Gasteiger partial charge on any atom is -0.273 e. The molecule has 2 rings (SSSR count). The van der Waals surface area contributed by atoms with E-state index in [0.29, 0.717) is 10.0 Å². The number of amides is 1. The third-order valence-corrected chi connectivity index (χ3v) is 4.51. The Morgan fingerprint density at radius 3 is 2.72 bits per heavy atom. The maximum atomic E-state index is 12.0. The van der Waals surface area contributed by atoms with Crippen LogP contribution in [0.1, 0.15) is 24.8 Å². The van der Waals surface area contributed by atoms with Gasteiger partial charge in [0.1, 0.15) is 5.37 Å². The zero-order chi connectivity index (χ0) is 13.3. The van der Waals surface area contributed by atoms with Crippen LogP contribution in [0.25, 0.3) is 0 Å². The normalized spacial score (nSPS) is 22.9. The Kier molecular flexibility index (Phi) is 4.11. The lowest BCUT2D eigenvalue weighted by molar-refractivity contribution is -0.126. The van der Waals surface area contributed by atoms with Crippen molar-refractivity contribution in [3.05, 3.63) is 33.8 Å². The standard InChI is InChI=1S/C13H11Cl2NOS/c1-3-6-16-12(17)8(2)18-13(16)10-5-4-9(14)7-11(10)15/h4-5,7-8,13H,1-2H3. The second-order valence-corrected chi connectivity index (χ2v) is 6.14. The van der Waals surface area contributed by atoms with E-state index in [4.69, 9.17) is 23.2 Å². The maximum Gasteiger partial charge on any atom is 0.248 e. The molecule has 1 aliphatic rings. The van der Waals surface area contributed by atoms with Gasteiger partial charge < -0.3 is 0 Å². The van der Waals surface area contributed by atoms with Crippen LogP contribution in [0.4, 0.5) is 0 Å². The first-order valence-corrected chi connectivity index (χ1v) is 7.10. The monoisotopic (exact) mass is 299 g/mol. The van der Waals surface area contributed by atoms with Crippen molar-refractivity contribution < 1.29 is 4.79 Å². The van der Waals surface area contributed by atoms with Crippen LogP contribution in [0.5, 0.6) is 0 Å². The van der Waals surface area contributed by atoms with Gasteiger partial charge in [0.05, 0.1) is 5.25 Å². The number of benzene rings is 1. The Morgan fingerprint density at radius 2 is 2.11 bits per heavy atom. The molecular formula is C13H11Cl2NOS. The smallest absolute Gasteiger partial charge is 0.248 e. The molecule has 1 fully saturated rings. The van der Waals surface area contributed by atoms with Crippen molar-refractivity contribution in [1.29, 1.82) is 0 Å². The molecule has 0 N–H and O–H groups in total. The van der Waals surface area contributed by atoms with Gasteiger partial charge in [0.25, 0.3) is 0 Å². The molecule has 2 unspecified atom stereocenters. The van der Waals surface area contributed by atoms with Gasteiger partial charge in [0.2, 0.25) is 5.91 Å². The fourth-order valence-corrected chi connectivity index (χ4v) is 3.60. The van der Waals surface area contributed by atoms with E-state index in [1.165, 1.54) is 0 Å². The van der Waals surface area contributed by atoms with Crippen LogP contribution in [-0.2, 0) is 4.79 Å². The van der Waals surface area contributed by atoms with E-state index in [1.807, 2.05) is 13.0 Å². The second-order valence-electron chi connectivity index (χ2n) is 3.87. The summed E-state index contributed by atoms with van der Waals surface area (Å²) >= 11 is 13.6. The Balaban J connectivity index is 2.42. The second kappa shape index (κ2) is 5.44. The van der Waals surface area contributed by atoms with Gasteiger partial charge in [-0.15, -0.1) is 11.8 Å². The van der Waals surface area contributed by atoms with Crippen molar-refractivity contribution in [2.24, 2.45) is 0 Å². The van der Waals surface area contributed by atoms with Crippen molar-refractivity contribution in [1.82, 2.24) is 4.90 Å². The molecular weight excluding hydrogens is 289 g/mol. The Hall–Kier alpha value is -0.820. The average molecular weight is 300 g/mol. The third kappa shape index (κ3) is 2.47. The first kappa shape index (κ1) is 13.6. The Morgan fingerprint density at radius 1 is 1.39 bits per heavy atom. The molecule has 1 aromatic rings. The molecule has 2 atom stereocenters. The fraction of sp³-hybridized carbons (Fsp3) is 0.308. The van der Waals surface area contributed by atoms with Crippen molar-refractivity contribution in [3.63, 3.8) is 0 Å². The molecule has 0 spiro atoms. The van der Waals surface area contributed by atoms with Crippen molar-refractivity contribution in [2.45, 2.75) is 24.5 Å². The largest absolute Gasteiger partial charge is 0.273 e. The van der Waals surface area contributed by atoms with Gasteiger partial charge >= 0.3 is 0 Å². The molecule has 0 aliphatic carbocycles. The molecule has 1 aromatic carbocycles. The summed E-state index contributed by atoms with van der Waals surface area (Å²) in [6, 6.07) is 8.14. The lowest BCUT2D eigenvalue weighted by atomic mass is 10.2. The first-order valence-electron chi connectivity index (χ1n) is 5.40. The number of carbonyl (C=O) groups excluding carboxylic acids is 1. The minimum absolute atomic E-state index is 0.0189. The summed E-state index contributed by atoms with van der Waals surface area (Å²) in [5, 5.41) is 0.872. The number of hydrogen-bond acceptors (Lipinski definition) is 2. The van der Waals surface area contributed by atoms with Gasteiger partial charge in [-0.05, 0) is 26.0 Å². The SMILES string of the molecule is CC#CN1C(=O)C(C)SC1c1ccc(Cl)cc1Cl.